The zero-order valence-electron chi connectivity index (χ0n) is 9.55. The maximum Gasteiger partial charge on any atom is 0.105 e. The van der Waals surface area contributed by atoms with E-state index >= 15 is 0 Å². The van der Waals surface area contributed by atoms with Crippen molar-refractivity contribution in [2.75, 3.05) is 0 Å². The molecule has 1 aromatic heterocycles. The predicted molar refractivity (Wildman–Crippen MR) is 68.9 cm³/mol. The summed E-state index contributed by atoms with van der Waals surface area (Å²) in [4.78, 5) is 0. The molecule has 1 unspecified atom stereocenters. The van der Waals surface area contributed by atoms with Crippen LogP contribution in [0.4, 0.5) is 0 Å². The molecule has 1 atom stereocenters. The molecule has 0 radical (unpaired) electrons. The molecule has 0 aliphatic carbocycles. The third-order valence-electron chi connectivity index (χ3n) is 2.77. The molecule has 2 aromatic rings. The zero-order chi connectivity index (χ0) is 11.5. The van der Waals surface area contributed by atoms with Gasteiger partial charge < -0.3 is 5.11 Å². The van der Waals surface area contributed by atoms with Crippen molar-refractivity contribution in [1.29, 1.82) is 0 Å². The van der Waals surface area contributed by atoms with Gasteiger partial charge in [-0.15, -0.1) is 0 Å². The lowest BCUT2D eigenvalue weighted by Crippen LogP contribution is -2.03. The van der Waals surface area contributed by atoms with E-state index < -0.39 is 6.10 Å². The molecule has 0 fully saturated rings. The van der Waals surface area contributed by atoms with Gasteiger partial charge in [0.25, 0.3) is 0 Å². The van der Waals surface area contributed by atoms with E-state index in [2.05, 4.69) is 19.9 Å². The molecule has 2 heteroatoms. The van der Waals surface area contributed by atoms with Gasteiger partial charge in [-0.2, -0.15) is 11.3 Å². The van der Waals surface area contributed by atoms with Crippen molar-refractivity contribution in [3.05, 3.63) is 57.8 Å². The summed E-state index contributed by atoms with van der Waals surface area (Å²) in [5, 5.41) is 14.3. The van der Waals surface area contributed by atoms with E-state index in [1.165, 1.54) is 5.56 Å². The molecule has 1 N–H and O–H groups in total. The minimum absolute atomic E-state index is 0.435. The van der Waals surface area contributed by atoms with Gasteiger partial charge in [-0.1, -0.05) is 38.1 Å². The molecular weight excluding hydrogens is 216 g/mol. The van der Waals surface area contributed by atoms with E-state index in [9.17, 15) is 5.11 Å². The van der Waals surface area contributed by atoms with Gasteiger partial charge in [0.15, 0.2) is 0 Å². The van der Waals surface area contributed by atoms with Crippen LogP contribution in [0.2, 0.25) is 0 Å². The Labute approximate surface area is 100 Å². The molecular formula is C14H16OS. The van der Waals surface area contributed by atoms with Crippen molar-refractivity contribution in [1.82, 2.24) is 0 Å². The first-order valence-electron chi connectivity index (χ1n) is 5.49. The van der Waals surface area contributed by atoms with Crippen LogP contribution in [-0.4, -0.2) is 5.11 Å². The monoisotopic (exact) mass is 232 g/mol. The summed E-state index contributed by atoms with van der Waals surface area (Å²) in [6.07, 6.45) is -0.496. The highest BCUT2D eigenvalue weighted by Gasteiger charge is 2.15. The first kappa shape index (κ1) is 11.4. The van der Waals surface area contributed by atoms with Crippen molar-refractivity contribution < 1.29 is 5.11 Å². The molecule has 84 valence electrons. The fraction of sp³-hybridized carbons (Fsp3) is 0.286. The van der Waals surface area contributed by atoms with Crippen LogP contribution in [-0.2, 0) is 0 Å². The van der Waals surface area contributed by atoms with E-state index in [0.29, 0.717) is 5.92 Å². The number of rotatable bonds is 3. The summed E-state index contributed by atoms with van der Waals surface area (Å²) in [6, 6.07) is 10.1. The molecule has 0 spiro atoms. The van der Waals surface area contributed by atoms with Crippen LogP contribution < -0.4 is 0 Å². The van der Waals surface area contributed by atoms with Gasteiger partial charge in [-0.3, -0.25) is 0 Å². The van der Waals surface area contributed by atoms with Crippen molar-refractivity contribution in [3.8, 4) is 0 Å². The predicted octanol–water partition coefficient (Wildman–Crippen LogP) is 3.95. The Morgan fingerprint density at radius 1 is 1.06 bits per heavy atom. The minimum Gasteiger partial charge on any atom is -0.384 e. The summed E-state index contributed by atoms with van der Waals surface area (Å²) in [5.41, 5.74) is 3.23. The minimum atomic E-state index is -0.496. The van der Waals surface area contributed by atoms with E-state index in [1.54, 1.807) is 11.3 Å². The van der Waals surface area contributed by atoms with Gasteiger partial charge in [0.1, 0.15) is 6.10 Å². The Hall–Kier alpha value is -1.12. The van der Waals surface area contributed by atoms with Crippen molar-refractivity contribution >= 4 is 11.3 Å². The van der Waals surface area contributed by atoms with Gasteiger partial charge >= 0.3 is 0 Å². The average molecular weight is 232 g/mol. The maximum atomic E-state index is 10.3. The van der Waals surface area contributed by atoms with Crippen LogP contribution in [0.25, 0.3) is 0 Å². The van der Waals surface area contributed by atoms with E-state index in [-0.39, 0.29) is 0 Å². The number of hydrogen-bond acceptors (Lipinski definition) is 2. The van der Waals surface area contributed by atoms with Crippen molar-refractivity contribution in [2.45, 2.75) is 25.9 Å². The summed E-state index contributed by atoms with van der Waals surface area (Å²) in [7, 11) is 0. The standard InChI is InChI=1S/C14H16OS/c1-10(2)12-5-3-4-6-13(12)14(15)11-7-8-16-9-11/h3-10,14-15H,1-2H3. The number of benzene rings is 1. The molecule has 16 heavy (non-hydrogen) atoms. The SMILES string of the molecule is CC(C)c1ccccc1C(O)c1ccsc1. The first-order valence-corrected chi connectivity index (χ1v) is 6.43. The second-order valence-electron chi connectivity index (χ2n) is 4.24. The van der Waals surface area contributed by atoms with Crippen LogP contribution in [0, 0.1) is 0 Å². The molecule has 2 rings (SSSR count). The molecule has 0 saturated heterocycles. The lowest BCUT2D eigenvalue weighted by molar-refractivity contribution is 0.219. The van der Waals surface area contributed by atoms with Gasteiger partial charge in [-0.25, -0.2) is 0 Å². The lowest BCUT2D eigenvalue weighted by Gasteiger charge is -2.17. The van der Waals surface area contributed by atoms with Crippen LogP contribution in [0.15, 0.2) is 41.1 Å². The molecule has 1 heterocycles. The maximum absolute atomic E-state index is 10.3. The molecule has 0 aliphatic rings. The Morgan fingerprint density at radius 2 is 1.75 bits per heavy atom. The third-order valence-corrected chi connectivity index (χ3v) is 3.47. The molecule has 0 saturated carbocycles. The largest absolute Gasteiger partial charge is 0.384 e. The highest BCUT2D eigenvalue weighted by molar-refractivity contribution is 7.07. The fourth-order valence-corrected chi connectivity index (χ4v) is 2.57. The van der Waals surface area contributed by atoms with Crippen LogP contribution in [0.3, 0.4) is 0 Å². The number of aliphatic hydroxyl groups excluding tert-OH is 1. The molecule has 0 amide bonds. The van der Waals surface area contributed by atoms with E-state index in [0.717, 1.165) is 11.1 Å². The Morgan fingerprint density at radius 3 is 2.31 bits per heavy atom. The normalized spacial score (nSPS) is 13.0. The highest BCUT2D eigenvalue weighted by Crippen LogP contribution is 2.30. The van der Waals surface area contributed by atoms with Gasteiger partial charge in [0.2, 0.25) is 0 Å². The lowest BCUT2D eigenvalue weighted by atomic mass is 9.92. The smallest absolute Gasteiger partial charge is 0.105 e. The van der Waals surface area contributed by atoms with Gasteiger partial charge in [0, 0.05) is 0 Å². The fourth-order valence-electron chi connectivity index (χ4n) is 1.90. The van der Waals surface area contributed by atoms with E-state index in [1.807, 2.05) is 35.0 Å². The van der Waals surface area contributed by atoms with Crippen LogP contribution >= 0.6 is 11.3 Å². The Kier molecular flexibility index (Phi) is 3.42. The topological polar surface area (TPSA) is 20.2 Å². The van der Waals surface area contributed by atoms with Gasteiger partial charge in [-0.05, 0) is 39.4 Å². The Balaban J connectivity index is 2.40. The molecule has 1 nitrogen and oxygen atoms in total. The molecule has 0 aliphatic heterocycles. The van der Waals surface area contributed by atoms with Crippen molar-refractivity contribution in [2.24, 2.45) is 0 Å². The third kappa shape index (κ3) is 2.18. The quantitative estimate of drug-likeness (QED) is 0.849. The van der Waals surface area contributed by atoms with Crippen molar-refractivity contribution in [3.63, 3.8) is 0 Å². The summed E-state index contributed by atoms with van der Waals surface area (Å²) >= 11 is 1.62. The summed E-state index contributed by atoms with van der Waals surface area (Å²) in [5.74, 6) is 0.435. The first-order chi connectivity index (χ1) is 7.70. The average Bonchev–Trinajstić information content (AvgIpc) is 2.81. The number of thiophene rings is 1. The Bertz CT molecular complexity index is 446. The zero-order valence-corrected chi connectivity index (χ0v) is 10.4. The van der Waals surface area contributed by atoms with Crippen LogP contribution in [0.1, 0.15) is 42.6 Å². The second-order valence-corrected chi connectivity index (χ2v) is 5.02. The van der Waals surface area contributed by atoms with E-state index in [4.69, 9.17) is 0 Å². The highest BCUT2D eigenvalue weighted by atomic mass is 32.1. The molecule has 1 aromatic carbocycles. The van der Waals surface area contributed by atoms with Gasteiger partial charge in [0.05, 0.1) is 0 Å². The number of aliphatic hydroxyl groups is 1. The second kappa shape index (κ2) is 4.81. The summed E-state index contributed by atoms with van der Waals surface area (Å²) < 4.78 is 0. The number of hydrogen-bond donors (Lipinski definition) is 1. The summed E-state index contributed by atoms with van der Waals surface area (Å²) in [6.45, 7) is 4.30. The van der Waals surface area contributed by atoms with Crippen LogP contribution in [0.5, 0.6) is 0 Å². The molecule has 0 bridgehead atoms.